The zero-order valence-electron chi connectivity index (χ0n) is 8.94. The Morgan fingerprint density at radius 3 is 2.47 bits per heavy atom. The molecule has 0 aromatic carbocycles. The molecule has 86 valence electrons. The molecule has 5 nitrogen and oxygen atoms in total. The molecule has 0 aliphatic heterocycles. The molecule has 1 rings (SSSR count). The fraction of sp³-hybridized carbons (Fsp3) is 0.800. The molecule has 1 amide bonds. The number of aliphatic hydroxyl groups excluding tert-OH is 1. The first-order valence-corrected chi connectivity index (χ1v) is 5.20. The Balaban J connectivity index is 2.63. The number of rotatable bonds is 3. The molecule has 0 saturated heterocycles. The van der Waals surface area contributed by atoms with E-state index in [1.54, 1.807) is 0 Å². The maximum Gasteiger partial charge on any atom is 0.396 e. The second kappa shape index (κ2) is 5.70. The van der Waals surface area contributed by atoms with Gasteiger partial charge >= 0.3 is 11.9 Å². The molecule has 1 fully saturated rings. The minimum Gasteiger partial charge on any atom is -0.462 e. The number of methoxy groups -OCH3 is 1. The van der Waals surface area contributed by atoms with E-state index in [0.717, 1.165) is 25.7 Å². The molecule has 0 aromatic rings. The highest BCUT2D eigenvalue weighted by molar-refractivity contribution is 6.32. The van der Waals surface area contributed by atoms with Crippen molar-refractivity contribution >= 4 is 11.9 Å². The average molecular weight is 215 g/mol. The summed E-state index contributed by atoms with van der Waals surface area (Å²) in [5.41, 5.74) is 0. The molecule has 0 spiro atoms. The van der Waals surface area contributed by atoms with Crippen molar-refractivity contribution < 1.29 is 19.4 Å². The van der Waals surface area contributed by atoms with Crippen molar-refractivity contribution in [2.24, 2.45) is 0 Å². The fourth-order valence-electron chi connectivity index (χ4n) is 1.98. The van der Waals surface area contributed by atoms with Gasteiger partial charge in [-0.1, -0.05) is 12.8 Å². The quantitative estimate of drug-likeness (QED) is 0.528. The smallest absolute Gasteiger partial charge is 0.396 e. The van der Waals surface area contributed by atoms with Crippen molar-refractivity contribution in [2.75, 3.05) is 20.3 Å². The number of amides is 1. The summed E-state index contributed by atoms with van der Waals surface area (Å²) in [6.45, 7) is 0.0812. The van der Waals surface area contributed by atoms with Gasteiger partial charge in [-0.05, 0) is 12.8 Å². The maximum absolute atomic E-state index is 11.6. The predicted molar refractivity (Wildman–Crippen MR) is 53.1 cm³/mol. The third-order valence-electron chi connectivity index (χ3n) is 2.73. The molecule has 15 heavy (non-hydrogen) atoms. The van der Waals surface area contributed by atoms with Gasteiger partial charge in [0.1, 0.15) is 0 Å². The van der Waals surface area contributed by atoms with Crippen molar-refractivity contribution in [2.45, 2.75) is 31.7 Å². The van der Waals surface area contributed by atoms with E-state index in [-0.39, 0.29) is 19.2 Å². The summed E-state index contributed by atoms with van der Waals surface area (Å²) in [6, 6.07) is 0.0868. The molecule has 0 radical (unpaired) electrons. The Morgan fingerprint density at radius 1 is 1.40 bits per heavy atom. The first-order valence-electron chi connectivity index (χ1n) is 5.20. The normalized spacial score (nSPS) is 16.4. The summed E-state index contributed by atoms with van der Waals surface area (Å²) in [7, 11) is 1.19. The Kier molecular flexibility index (Phi) is 4.55. The third kappa shape index (κ3) is 2.92. The highest BCUT2D eigenvalue weighted by Gasteiger charge is 2.30. The van der Waals surface area contributed by atoms with E-state index in [0.29, 0.717) is 0 Å². The molecule has 0 atom stereocenters. The summed E-state index contributed by atoms with van der Waals surface area (Å²) in [5, 5.41) is 8.85. The van der Waals surface area contributed by atoms with Gasteiger partial charge in [-0.25, -0.2) is 4.79 Å². The van der Waals surface area contributed by atoms with Crippen LogP contribution in [-0.4, -0.2) is 48.2 Å². The molecule has 0 unspecified atom stereocenters. The maximum atomic E-state index is 11.6. The van der Waals surface area contributed by atoms with Gasteiger partial charge in [0.15, 0.2) is 0 Å². The minimum atomic E-state index is -0.852. The molecule has 1 saturated carbocycles. The van der Waals surface area contributed by atoms with Crippen molar-refractivity contribution in [3.05, 3.63) is 0 Å². The molecule has 0 aromatic heterocycles. The van der Waals surface area contributed by atoms with Crippen LogP contribution in [-0.2, 0) is 14.3 Å². The van der Waals surface area contributed by atoms with E-state index in [9.17, 15) is 9.59 Å². The van der Waals surface area contributed by atoms with Gasteiger partial charge in [0, 0.05) is 12.6 Å². The largest absolute Gasteiger partial charge is 0.462 e. The van der Waals surface area contributed by atoms with Gasteiger partial charge in [-0.15, -0.1) is 0 Å². The number of aliphatic hydroxyl groups is 1. The molecule has 0 bridgehead atoms. The zero-order chi connectivity index (χ0) is 11.3. The standard InChI is InChI=1S/C10H17NO4/c1-15-10(14)9(13)11(6-7-12)8-4-2-3-5-8/h8,12H,2-7H2,1H3. The second-order valence-corrected chi connectivity index (χ2v) is 3.65. The predicted octanol–water partition coefficient (Wildman–Crippen LogP) is -0.0771. The fourth-order valence-corrected chi connectivity index (χ4v) is 1.98. The molecule has 1 aliphatic carbocycles. The number of nitrogens with zero attached hydrogens (tertiary/aromatic N) is 1. The van der Waals surface area contributed by atoms with Crippen molar-refractivity contribution in [3.8, 4) is 0 Å². The van der Waals surface area contributed by atoms with E-state index in [1.807, 2.05) is 0 Å². The topological polar surface area (TPSA) is 66.8 Å². The van der Waals surface area contributed by atoms with Crippen molar-refractivity contribution in [3.63, 3.8) is 0 Å². The lowest BCUT2D eigenvalue weighted by Gasteiger charge is -2.26. The van der Waals surface area contributed by atoms with E-state index < -0.39 is 11.9 Å². The van der Waals surface area contributed by atoms with E-state index in [2.05, 4.69) is 4.74 Å². The molecule has 5 heteroatoms. The summed E-state index contributed by atoms with van der Waals surface area (Å²) in [4.78, 5) is 24.1. The summed E-state index contributed by atoms with van der Waals surface area (Å²) < 4.78 is 4.39. The van der Waals surface area contributed by atoms with Crippen LogP contribution < -0.4 is 0 Å². The van der Waals surface area contributed by atoms with Gasteiger partial charge < -0.3 is 14.7 Å². The Bertz CT molecular complexity index is 236. The minimum absolute atomic E-state index is 0.0868. The van der Waals surface area contributed by atoms with Crippen LogP contribution in [0.5, 0.6) is 0 Å². The van der Waals surface area contributed by atoms with E-state index in [1.165, 1.54) is 12.0 Å². The summed E-state index contributed by atoms with van der Waals surface area (Å²) in [5.74, 6) is -1.49. The molecule has 1 aliphatic rings. The number of carbonyl (C=O) groups is 2. The van der Waals surface area contributed by atoms with E-state index >= 15 is 0 Å². The lowest BCUT2D eigenvalue weighted by Crippen LogP contribution is -2.44. The highest BCUT2D eigenvalue weighted by Crippen LogP contribution is 2.23. The first-order chi connectivity index (χ1) is 7.20. The van der Waals surface area contributed by atoms with E-state index in [4.69, 9.17) is 5.11 Å². The molecule has 1 N–H and O–H groups in total. The van der Waals surface area contributed by atoms with Gasteiger partial charge in [-0.2, -0.15) is 0 Å². The second-order valence-electron chi connectivity index (χ2n) is 3.65. The number of carbonyl (C=O) groups excluding carboxylic acids is 2. The number of hydrogen-bond donors (Lipinski definition) is 1. The van der Waals surface area contributed by atoms with Crippen LogP contribution in [0.4, 0.5) is 0 Å². The van der Waals surface area contributed by atoms with Crippen LogP contribution in [0.1, 0.15) is 25.7 Å². The third-order valence-corrected chi connectivity index (χ3v) is 2.73. The van der Waals surface area contributed by atoms with Gasteiger partial charge in [-0.3, -0.25) is 4.79 Å². The Hall–Kier alpha value is -1.10. The van der Waals surface area contributed by atoms with Crippen LogP contribution in [0.25, 0.3) is 0 Å². The monoisotopic (exact) mass is 215 g/mol. The first kappa shape index (κ1) is 12.0. The summed E-state index contributed by atoms with van der Waals surface area (Å²) in [6.07, 6.45) is 3.95. The average Bonchev–Trinajstić information content (AvgIpc) is 2.77. The van der Waals surface area contributed by atoms with Crippen molar-refractivity contribution in [1.82, 2.24) is 4.90 Å². The number of ether oxygens (including phenoxy) is 1. The molecule has 0 heterocycles. The summed E-state index contributed by atoms with van der Waals surface area (Å²) >= 11 is 0. The highest BCUT2D eigenvalue weighted by atomic mass is 16.5. The zero-order valence-corrected chi connectivity index (χ0v) is 8.94. The van der Waals surface area contributed by atoms with Crippen LogP contribution >= 0.6 is 0 Å². The molecular weight excluding hydrogens is 198 g/mol. The Morgan fingerprint density at radius 2 is 2.00 bits per heavy atom. The van der Waals surface area contributed by atoms with Crippen LogP contribution in [0.3, 0.4) is 0 Å². The van der Waals surface area contributed by atoms with Gasteiger partial charge in [0.25, 0.3) is 0 Å². The van der Waals surface area contributed by atoms with Gasteiger partial charge in [0.2, 0.25) is 0 Å². The van der Waals surface area contributed by atoms with Crippen LogP contribution in [0.15, 0.2) is 0 Å². The lowest BCUT2D eigenvalue weighted by atomic mass is 10.2. The van der Waals surface area contributed by atoms with Crippen LogP contribution in [0, 0.1) is 0 Å². The Labute approximate surface area is 89.0 Å². The molecular formula is C10H17NO4. The number of esters is 1. The van der Waals surface area contributed by atoms with Crippen molar-refractivity contribution in [1.29, 1.82) is 0 Å². The lowest BCUT2D eigenvalue weighted by molar-refractivity contribution is -0.159. The van der Waals surface area contributed by atoms with Crippen LogP contribution in [0.2, 0.25) is 0 Å². The SMILES string of the molecule is COC(=O)C(=O)N(CCO)C1CCCC1. The van der Waals surface area contributed by atoms with Gasteiger partial charge in [0.05, 0.1) is 13.7 Å². The number of hydrogen-bond acceptors (Lipinski definition) is 4.